The van der Waals surface area contributed by atoms with Crippen LogP contribution in [0.4, 0.5) is 5.69 Å². The minimum Gasteiger partial charge on any atom is -0.258 e. The van der Waals surface area contributed by atoms with Crippen molar-refractivity contribution in [3.8, 4) is 6.07 Å². The number of nitriles is 1. The fourth-order valence-corrected chi connectivity index (χ4v) is 2.45. The molecule has 0 aliphatic carbocycles. The van der Waals surface area contributed by atoms with Crippen molar-refractivity contribution in [2.24, 2.45) is 0 Å². The molecular formula is C11H10N6O2S. The van der Waals surface area contributed by atoms with Crippen LogP contribution in [-0.2, 0) is 0 Å². The molecule has 2 rings (SSSR count). The van der Waals surface area contributed by atoms with Crippen LogP contribution in [0.2, 0.25) is 0 Å². The summed E-state index contributed by atoms with van der Waals surface area (Å²) in [5.74, 6) is 0. The van der Waals surface area contributed by atoms with Gasteiger partial charge >= 0.3 is 0 Å². The van der Waals surface area contributed by atoms with Crippen LogP contribution in [-0.4, -0.2) is 25.1 Å². The van der Waals surface area contributed by atoms with Gasteiger partial charge in [-0.05, 0) is 42.1 Å². The molecule has 0 bridgehead atoms. The third kappa shape index (κ3) is 2.75. The van der Waals surface area contributed by atoms with Crippen LogP contribution >= 0.6 is 11.8 Å². The zero-order valence-electron chi connectivity index (χ0n) is 10.7. The number of benzene rings is 1. The molecule has 8 nitrogen and oxygen atoms in total. The van der Waals surface area contributed by atoms with Crippen molar-refractivity contribution in [2.45, 2.75) is 29.9 Å². The molecule has 0 atom stereocenters. The molecule has 1 aromatic heterocycles. The van der Waals surface area contributed by atoms with Gasteiger partial charge in [0.25, 0.3) is 5.69 Å². The molecule has 0 unspecified atom stereocenters. The van der Waals surface area contributed by atoms with E-state index in [9.17, 15) is 10.1 Å². The largest absolute Gasteiger partial charge is 0.270 e. The Morgan fingerprint density at radius 3 is 2.85 bits per heavy atom. The van der Waals surface area contributed by atoms with Gasteiger partial charge in [0.15, 0.2) is 0 Å². The molecular weight excluding hydrogens is 280 g/mol. The lowest BCUT2D eigenvalue weighted by atomic mass is 10.2. The number of nitro groups is 1. The van der Waals surface area contributed by atoms with E-state index in [1.165, 1.54) is 30.0 Å². The summed E-state index contributed by atoms with van der Waals surface area (Å²) in [5, 5.41) is 31.6. The first kappa shape index (κ1) is 14.0. The summed E-state index contributed by atoms with van der Waals surface area (Å²) >= 11 is 1.20. The van der Waals surface area contributed by atoms with Gasteiger partial charge < -0.3 is 0 Å². The van der Waals surface area contributed by atoms with E-state index < -0.39 is 4.92 Å². The summed E-state index contributed by atoms with van der Waals surface area (Å²) in [5.41, 5.74) is 0.108. The van der Waals surface area contributed by atoms with Crippen molar-refractivity contribution >= 4 is 17.4 Å². The molecule has 1 heterocycles. The van der Waals surface area contributed by atoms with Crippen LogP contribution in [0.15, 0.2) is 28.3 Å². The maximum Gasteiger partial charge on any atom is 0.270 e. The predicted molar refractivity (Wildman–Crippen MR) is 70.1 cm³/mol. The van der Waals surface area contributed by atoms with Crippen molar-refractivity contribution in [1.82, 2.24) is 20.2 Å². The maximum absolute atomic E-state index is 10.7. The standard InChI is InChI=1S/C11H10N6O2S/c1-7(2)16-11(13-14-15-16)20-10-4-3-9(17(18)19)5-8(10)6-12/h3-5,7H,1-2H3. The molecule has 1 aromatic carbocycles. The molecule has 0 radical (unpaired) electrons. The Labute approximate surface area is 118 Å². The van der Waals surface area contributed by atoms with E-state index >= 15 is 0 Å². The first-order valence-corrected chi connectivity index (χ1v) is 6.49. The van der Waals surface area contributed by atoms with Crippen LogP contribution in [0, 0.1) is 21.4 Å². The highest BCUT2D eigenvalue weighted by Crippen LogP contribution is 2.31. The van der Waals surface area contributed by atoms with Gasteiger partial charge in [0.05, 0.1) is 16.5 Å². The lowest BCUT2D eigenvalue weighted by Crippen LogP contribution is -2.04. The number of nitro benzene ring substituents is 1. The quantitative estimate of drug-likeness (QED) is 0.626. The number of hydrogen-bond acceptors (Lipinski definition) is 7. The fourth-order valence-electron chi connectivity index (χ4n) is 1.48. The average Bonchev–Trinajstić information content (AvgIpc) is 2.87. The van der Waals surface area contributed by atoms with Crippen molar-refractivity contribution < 1.29 is 4.92 Å². The van der Waals surface area contributed by atoms with Crippen molar-refractivity contribution in [2.75, 3.05) is 0 Å². The van der Waals surface area contributed by atoms with E-state index in [-0.39, 0.29) is 17.3 Å². The smallest absolute Gasteiger partial charge is 0.258 e. The summed E-state index contributed by atoms with van der Waals surface area (Å²) in [6, 6.07) is 6.15. The van der Waals surface area contributed by atoms with E-state index in [4.69, 9.17) is 5.26 Å². The molecule has 0 saturated heterocycles. The van der Waals surface area contributed by atoms with E-state index in [0.717, 1.165) is 0 Å². The highest BCUT2D eigenvalue weighted by atomic mass is 32.2. The summed E-state index contributed by atoms with van der Waals surface area (Å²) in [6.45, 7) is 3.86. The summed E-state index contributed by atoms with van der Waals surface area (Å²) in [4.78, 5) is 10.7. The van der Waals surface area contributed by atoms with Crippen molar-refractivity contribution in [3.63, 3.8) is 0 Å². The second-order valence-corrected chi connectivity index (χ2v) is 5.16. The van der Waals surface area contributed by atoms with E-state index in [1.54, 1.807) is 4.68 Å². The lowest BCUT2D eigenvalue weighted by molar-refractivity contribution is -0.384. The van der Waals surface area contributed by atoms with E-state index in [0.29, 0.717) is 10.1 Å². The lowest BCUT2D eigenvalue weighted by Gasteiger charge is -2.07. The van der Waals surface area contributed by atoms with Gasteiger partial charge in [-0.3, -0.25) is 10.1 Å². The first-order valence-electron chi connectivity index (χ1n) is 5.67. The number of nitrogens with zero attached hydrogens (tertiary/aromatic N) is 6. The molecule has 20 heavy (non-hydrogen) atoms. The van der Waals surface area contributed by atoms with Gasteiger partial charge in [-0.1, -0.05) is 0 Å². The highest BCUT2D eigenvalue weighted by molar-refractivity contribution is 7.99. The van der Waals surface area contributed by atoms with Gasteiger partial charge in [-0.2, -0.15) is 5.26 Å². The van der Waals surface area contributed by atoms with Gasteiger partial charge in [-0.25, -0.2) is 4.68 Å². The molecule has 2 aromatic rings. The Morgan fingerprint density at radius 2 is 2.25 bits per heavy atom. The molecule has 0 aliphatic rings. The third-order valence-corrected chi connectivity index (χ3v) is 3.47. The van der Waals surface area contributed by atoms with Crippen LogP contribution in [0.5, 0.6) is 0 Å². The molecule has 0 fully saturated rings. The second-order valence-electron chi connectivity index (χ2n) is 4.15. The number of rotatable bonds is 4. The average molecular weight is 290 g/mol. The molecule has 0 aliphatic heterocycles. The van der Waals surface area contributed by atoms with Crippen LogP contribution in [0.3, 0.4) is 0 Å². The van der Waals surface area contributed by atoms with Gasteiger partial charge in [0, 0.05) is 17.0 Å². The van der Waals surface area contributed by atoms with Gasteiger partial charge in [-0.15, -0.1) is 5.10 Å². The van der Waals surface area contributed by atoms with E-state index in [1.807, 2.05) is 19.9 Å². The molecule has 0 saturated carbocycles. The number of non-ortho nitro benzene ring substituents is 1. The summed E-state index contributed by atoms with van der Waals surface area (Å²) < 4.78 is 1.62. The van der Waals surface area contributed by atoms with Gasteiger partial charge in [0.1, 0.15) is 6.07 Å². The Kier molecular flexibility index (Phi) is 3.95. The number of tetrazole rings is 1. The van der Waals surface area contributed by atoms with Crippen LogP contribution < -0.4 is 0 Å². The molecule has 0 amide bonds. The molecule has 0 spiro atoms. The minimum atomic E-state index is -0.534. The minimum absolute atomic E-state index is 0.0797. The Morgan fingerprint density at radius 1 is 1.50 bits per heavy atom. The molecule has 9 heteroatoms. The topological polar surface area (TPSA) is 111 Å². The van der Waals surface area contributed by atoms with Gasteiger partial charge in [0.2, 0.25) is 5.16 Å². The second kappa shape index (κ2) is 5.66. The summed E-state index contributed by atoms with van der Waals surface area (Å²) in [6.07, 6.45) is 0. The molecule has 102 valence electrons. The van der Waals surface area contributed by atoms with Crippen LogP contribution in [0.1, 0.15) is 25.5 Å². The van der Waals surface area contributed by atoms with Crippen LogP contribution in [0.25, 0.3) is 0 Å². The normalized spacial score (nSPS) is 10.5. The summed E-state index contributed by atoms with van der Waals surface area (Å²) in [7, 11) is 0. The zero-order valence-corrected chi connectivity index (χ0v) is 11.5. The number of aromatic nitrogens is 4. The third-order valence-electron chi connectivity index (χ3n) is 2.45. The monoisotopic (exact) mass is 290 g/mol. The highest BCUT2D eigenvalue weighted by Gasteiger charge is 2.16. The first-order chi connectivity index (χ1) is 9.52. The van der Waals surface area contributed by atoms with Crippen molar-refractivity contribution in [1.29, 1.82) is 5.26 Å². The predicted octanol–water partition coefficient (Wildman–Crippen LogP) is 2.19. The Balaban J connectivity index is 2.37. The Hall–Kier alpha value is -2.47. The fraction of sp³-hybridized carbons (Fsp3) is 0.273. The van der Waals surface area contributed by atoms with E-state index in [2.05, 4.69) is 15.5 Å². The SMILES string of the molecule is CC(C)n1nnnc1Sc1ccc([N+](=O)[O-])cc1C#N. The maximum atomic E-state index is 10.7. The Bertz CT molecular complexity index is 690. The molecule has 0 N–H and O–H groups in total. The van der Waals surface area contributed by atoms with Crippen molar-refractivity contribution in [3.05, 3.63) is 33.9 Å². The number of hydrogen-bond donors (Lipinski definition) is 0. The zero-order chi connectivity index (χ0) is 14.7.